The minimum absolute atomic E-state index is 0. The standard InChI is InChI=1S/C11H15FN2O2.ClH/c1-3-16-10-5-4-8(6-9(10)12)14-11(15)7(2)13;/h4-7H,3,13H2,1-2H3,(H,14,15);1H. The van der Waals surface area contributed by atoms with E-state index in [9.17, 15) is 9.18 Å². The van der Waals surface area contributed by atoms with Gasteiger partial charge in [-0.1, -0.05) is 0 Å². The molecule has 96 valence electrons. The number of hydrogen-bond donors (Lipinski definition) is 2. The van der Waals surface area contributed by atoms with Gasteiger partial charge in [-0.05, 0) is 26.0 Å². The third-order valence-corrected chi connectivity index (χ3v) is 1.91. The molecule has 0 saturated carbocycles. The van der Waals surface area contributed by atoms with E-state index in [0.717, 1.165) is 0 Å². The summed E-state index contributed by atoms with van der Waals surface area (Å²) < 4.78 is 18.4. The minimum atomic E-state index is -0.630. The van der Waals surface area contributed by atoms with Gasteiger partial charge >= 0.3 is 0 Å². The van der Waals surface area contributed by atoms with E-state index in [-0.39, 0.29) is 24.1 Å². The summed E-state index contributed by atoms with van der Waals surface area (Å²) in [6.45, 7) is 3.72. The van der Waals surface area contributed by atoms with Gasteiger partial charge in [0.1, 0.15) is 0 Å². The number of anilines is 1. The molecule has 0 aliphatic carbocycles. The second kappa shape index (κ2) is 7.09. The van der Waals surface area contributed by atoms with Crippen molar-refractivity contribution in [1.82, 2.24) is 0 Å². The molecule has 1 amide bonds. The Labute approximate surface area is 106 Å². The molecule has 1 aromatic rings. The summed E-state index contributed by atoms with van der Waals surface area (Å²) in [5.74, 6) is -0.700. The molecule has 1 unspecified atom stereocenters. The van der Waals surface area contributed by atoms with Gasteiger partial charge in [-0.15, -0.1) is 12.4 Å². The topological polar surface area (TPSA) is 64.3 Å². The summed E-state index contributed by atoms with van der Waals surface area (Å²) >= 11 is 0. The predicted molar refractivity (Wildman–Crippen MR) is 67.1 cm³/mol. The van der Waals surface area contributed by atoms with Crippen LogP contribution in [-0.4, -0.2) is 18.6 Å². The number of nitrogens with one attached hydrogen (secondary N) is 1. The van der Waals surface area contributed by atoms with Crippen LogP contribution in [0.15, 0.2) is 18.2 Å². The first kappa shape index (κ1) is 15.7. The Morgan fingerprint density at radius 2 is 2.24 bits per heavy atom. The summed E-state index contributed by atoms with van der Waals surface area (Å²) in [7, 11) is 0. The number of halogens is 2. The van der Waals surface area contributed by atoms with Gasteiger partial charge in [0.25, 0.3) is 0 Å². The van der Waals surface area contributed by atoms with Crippen LogP contribution in [0.1, 0.15) is 13.8 Å². The Bertz CT molecular complexity index is 386. The molecule has 0 spiro atoms. The number of amides is 1. The fourth-order valence-electron chi connectivity index (χ4n) is 1.11. The largest absolute Gasteiger partial charge is 0.491 e. The van der Waals surface area contributed by atoms with E-state index in [1.807, 2.05) is 0 Å². The zero-order chi connectivity index (χ0) is 12.1. The van der Waals surface area contributed by atoms with Crippen molar-refractivity contribution in [2.75, 3.05) is 11.9 Å². The van der Waals surface area contributed by atoms with Crippen LogP contribution >= 0.6 is 12.4 Å². The molecule has 0 aliphatic heterocycles. The lowest BCUT2D eigenvalue weighted by Crippen LogP contribution is -2.32. The van der Waals surface area contributed by atoms with Gasteiger partial charge in [0.15, 0.2) is 11.6 Å². The molecule has 0 heterocycles. The molecule has 4 nitrogen and oxygen atoms in total. The Hall–Kier alpha value is -1.33. The van der Waals surface area contributed by atoms with Crippen molar-refractivity contribution >= 4 is 24.0 Å². The molecule has 0 saturated heterocycles. The predicted octanol–water partition coefficient (Wildman–Crippen LogP) is 1.93. The van der Waals surface area contributed by atoms with Gasteiger partial charge < -0.3 is 15.8 Å². The zero-order valence-corrected chi connectivity index (χ0v) is 10.5. The summed E-state index contributed by atoms with van der Waals surface area (Å²) in [5.41, 5.74) is 5.73. The minimum Gasteiger partial charge on any atom is -0.491 e. The lowest BCUT2D eigenvalue weighted by molar-refractivity contribution is -0.117. The van der Waals surface area contributed by atoms with Crippen LogP contribution in [0, 0.1) is 5.82 Å². The fourth-order valence-corrected chi connectivity index (χ4v) is 1.11. The molecule has 0 aromatic heterocycles. The molecule has 3 N–H and O–H groups in total. The first-order chi connectivity index (χ1) is 7.54. The maximum Gasteiger partial charge on any atom is 0.241 e. The Kier molecular flexibility index (Phi) is 6.53. The highest BCUT2D eigenvalue weighted by molar-refractivity contribution is 5.94. The van der Waals surface area contributed by atoms with Gasteiger partial charge in [-0.3, -0.25) is 4.79 Å². The number of rotatable bonds is 4. The van der Waals surface area contributed by atoms with E-state index in [1.165, 1.54) is 12.1 Å². The lowest BCUT2D eigenvalue weighted by atomic mass is 10.2. The van der Waals surface area contributed by atoms with Crippen molar-refractivity contribution in [2.24, 2.45) is 5.73 Å². The molecular formula is C11H16ClFN2O2. The van der Waals surface area contributed by atoms with E-state index >= 15 is 0 Å². The molecule has 0 aliphatic rings. The van der Waals surface area contributed by atoms with Crippen LogP contribution < -0.4 is 15.8 Å². The zero-order valence-electron chi connectivity index (χ0n) is 9.70. The van der Waals surface area contributed by atoms with Crippen LogP contribution in [0.4, 0.5) is 10.1 Å². The number of carbonyl (C=O) groups is 1. The highest BCUT2D eigenvalue weighted by atomic mass is 35.5. The van der Waals surface area contributed by atoms with Crippen LogP contribution in [0.5, 0.6) is 5.75 Å². The maximum atomic E-state index is 13.4. The van der Waals surface area contributed by atoms with Crippen LogP contribution in [0.25, 0.3) is 0 Å². The molecule has 0 fully saturated rings. The molecule has 1 aromatic carbocycles. The number of hydrogen-bond acceptors (Lipinski definition) is 3. The second-order valence-corrected chi connectivity index (χ2v) is 3.36. The monoisotopic (exact) mass is 262 g/mol. The third kappa shape index (κ3) is 4.58. The quantitative estimate of drug-likeness (QED) is 0.872. The molecule has 0 bridgehead atoms. The summed E-state index contributed by atoms with van der Waals surface area (Å²) in [4.78, 5) is 11.2. The van der Waals surface area contributed by atoms with Crippen molar-refractivity contribution in [2.45, 2.75) is 19.9 Å². The summed E-state index contributed by atoms with van der Waals surface area (Å²) in [6.07, 6.45) is 0. The van der Waals surface area contributed by atoms with Crippen molar-refractivity contribution in [1.29, 1.82) is 0 Å². The Morgan fingerprint density at radius 1 is 1.59 bits per heavy atom. The summed E-state index contributed by atoms with van der Waals surface area (Å²) in [6, 6.07) is 3.60. The first-order valence-corrected chi connectivity index (χ1v) is 5.03. The van der Waals surface area contributed by atoms with Crippen LogP contribution in [0.3, 0.4) is 0 Å². The van der Waals surface area contributed by atoms with Crippen LogP contribution in [-0.2, 0) is 4.79 Å². The molecule has 1 rings (SSSR count). The smallest absolute Gasteiger partial charge is 0.241 e. The van der Waals surface area contributed by atoms with Crippen molar-refractivity contribution < 1.29 is 13.9 Å². The summed E-state index contributed by atoms with van der Waals surface area (Å²) in [5, 5.41) is 2.49. The van der Waals surface area contributed by atoms with Gasteiger partial charge in [0.05, 0.1) is 12.6 Å². The molecular weight excluding hydrogens is 247 g/mol. The number of ether oxygens (including phenoxy) is 1. The number of benzene rings is 1. The van der Waals surface area contributed by atoms with E-state index in [1.54, 1.807) is 19.9 Å². The molecule has 6 heteroatoms. The van der Waals surface area contributed by atoms with Crippen molar-refractivity contribution in [3.05, 3.63) is 24.0 Å². The average Bonchev–Trinajstić information content (AvgIpc) is 2.22. The Morgan fingerprint density at radius 3 is 2.71 bits per heavy atom. The SMILES string of the molecule is CCOc1ccc(NC(=O)C(C)N)cc1F.Cl. The average molecular weight is 263 g/mol. The molecule has 1 atom stereocenters. The lowest BCUT2D eigenvalue weighted by Gasteiger charge is -2.09. The van der Waals surface area contributed by atoms with E-state index in [2.05, 4.69) is 5.32 Å². The maximum absolute atomic E-state index is 13.4. The highest BCUT2D eigenvalue weighted by Crippen LogP contribution is 2.21. The number of carbonyl (C=O) groups excluding carboxylic acids is 1. The van der Waals surface area contributed by atoms with Gasteiger partial charge in [0, 0.05) is 11.8 Å². The normalized spacial score (nSPS) is 11.3. The van der Waals surface area contributed by atoms with Gasteiger partial charge in [-0.25, -0.2) is 4.39 Å². The van der Waals surface area contributed by atoms with Crippen molar-refractivity contribution in [3.63, 3.8) is 0 Å². The third-order valence-electron chi connectivity index (χ3n) is 1.91. The Balaban J connectivity index is 0.00000256. The number of nitrogens with two attached hydrogens (primary N) is 1. The highest BCUT2D eigenvalue weighted by Gasteiger charge is 2.09. The first-order valence-electron chi connectivity index (χ1n) is 5.03. The van der Waals surface area contributed by atoms with E-state index < -0.39 is 11.9 Å². The van der Waals surface area contributed by atoms with E-state index in [0.29, 0.717) is 12.3 Å². The van der Waals surface area contributed by atoms with Crippen LogP contribution in [0.2, 0.25) is 0 Å². The van der Waals surface area contributed by atoms with Gasteiger partial charge in [0.2, 0.25) is 5.91 Å². The fraction of sp³-hybridized carbons (Fsp3) is 0.364. The molecule has 17 heavy (non-hydrogen) atoms. The van der Waals surface area contributed by atoms with Crippen molar-refractivity contribution in [3.8, 4) is 5.75 Å². The second-order valence-electron chi connectivity index (χ2n) is 3.36. The molecule has 0 radical (unpaired) electrons. The van der Waals surface area contributed by atoms with Gasteiger partial charge in [-0.2, -0.15) is 0 Å². The van der Waals surface area contributed by atoms with E-state index in [4.69, 9.17) is 10.5 Å².